The molecule has 0 spiro atoms. The first-order valence-electron chi connectivity index (χ1n) is 8.09. The number of piperazine rings is 1. The number of halogens is 1. The Morgan fingerprint density at radius 2 is 1.70 bits per heavy atom. The highest BCUT2D eigenvalue weighted by molar-refractivity contribution is 5.84. The van der Waals surface area contributed by atoms with Gasteiger partial charge in [-0.25, -0.2) is 4.39 Å². The minimum absolute atomic E-state index is 0.147. The molecule has 4 rings (SSSR count). The molecule has 1 aliphatic heterocycles. The van der Waals surface area contributed by atoms with Crippen LogP contribution in [0.4, 0.5) is 4.39 Å². The number of nitrogens with zero attached hydrogens (tertiary/aromatic N) is 1. The van der Waals surface area contributed by atoms with E-state index >= 15 is 0 Å². The van der Waals surface area contributed by atoms with Gasteiger partial charge in [-0.2, -0.15) is 0 Å². The smallest absolute Gasteiger partial charge is 0.123 e. The summed E-state index contributed by atoms with van der Waals surface area (Å²) >= 11 is 0. The van der Waals surface area contributed by atoms with E-state index in [1.54, 1.807) is 12.1 Å². The Bertz CT molecular complexity index is 788. The lowest BCUT2D eigenvalue weighted by Crippen LogP contribution is -2.45. The molecule has 3 aromatic rings. The predicted octanol–water partition coefficient (Wildman–Crippen LogP) is 3.30. The summed E-state index contributed by atoms with van der Waals surface area (Å²) in [5.41, 5.74) is 3.54. The fraction of sp³-hybridized carbons (Fsp3) is 0.263. The zero-order valence-electron chi connectivity index (χ0n) is 12.9. The fourth-order valence-corrected chi connectivity index (χ4v) is 3.49. The summed E-state index contributed by atoms with van der Waals surface area (Å²) in [6.07, 6.45) is 2.10. The first-order valence-corrected chi connectivity index (χ1v) is 8.09. The van der Waals surface area contributed by atoms with E-state index in [-0.39, 0.29) is 11.9 Å². The van der Waals surface area contributed by atoms with Crippen molar-refractivity contribution in [2.75, 3.05) is 26.2 Å². The maximum Gasteiger partial charge on any atom is 0.123 e. The number of rotatable bonds is 3. The molecule has 23 heavy (non-hydrogen) atoms. The molecule has 1 unspecified atom stereocenters. The first-order chi connectivity index (χ1) is 11.3. The van der Waals surface area contributed by atoms with Gasteiger partial charge < -0.3 is 10.3 Å². The van der Waals surface area contributed by atoms with E-state index in [4.69, 9.17) is 0 Å². The second-order valence-electron chi connectivity index (χ2n) is 6.03. The van der Waals surface area contributed by atoms with Crippen LogP contribution in [0, 0.1) is 5.82 Å². The summed E-state index contributed by atoms with van der Waals surface area (Å²) in [4.78, 5) is 5.84. The standard InChI is InChI=1S/C19H20FN3/c20-15-7-5-14(6-8-15)19(23-11-9-21-10-12-23)17-13-22-18-4-2-1-3-16(17)18/h1-8,13,19,21-22H,9-12H2. The molecule has 1 atom stereocenters. The van der Waals surface area contributed by atoms with Gasteiger partial charge in [0.1, 0.15) is 5.82 Å². The van der Waals surface area contributed by atoms with Crippen LogP contribution >= 0.6 is 0 Å². The summed E-state index contributed by atoms with van der Waals surface area (Å²) in [6.45, 7) is 3.95. The van der Waals surface area contributed by atoms with Crippen molar-refractivity contribution in [3.63, 3.8) is 0 Å². The largest absolute Gasteiger partial charge is 0.361 e. The SMILES string of the molecule is Fc1ccc(C(c2c[nH]c3ccccc23)N2CCNCC2)cc1. The van der Waals surface area contributed by atoms with Crippen molar-refractivity contribution < 1.29 is 4.39 Å². The van der Waals surface area contributed by atoms with Gasteiger partial charge in [0.2, 0.25) is 0 Å². The van der Waals surface area contributed by atoms with E-state index in [2.05, 4.69) is 39.6 Å². The van der Waals surface area contributed by atoms with Gasteiger partial charge in [-0.1, -0.05) is 30.3 Å². The molecule has 0 aliphatic carbocycles. The van der Waals surface area contributed by atoms with Gasteiger partial charge in [0, 0.05) is 43.3 Å². The first kappa shape index (κ1) is 14.4. The lowest BCUT2D eigenvalue weighted by Gasteiger charge is -2.35. The van der Waals surface area contributed by atoms with Crippen molar-refractivity contribution in [2.45, 2.75) is 6.04 Å². The number of benzene rings is 2. The van der Waals surface area contributed by atoms with Crippen LogP contribution in [0.15, 0.2) is 54.7 Å². The highest BCUT2D eigenvalue weighted by Gasteiger charge is 2.26. The number of aromatic nitrogens is 1. The molecule has 1 aliphatic rings. The average Bonchev–Trinajstić information content (AvgIpc) is 3.02. The Kier molecular flexibility index (Phi) is 3.85. The molecule has 3 nitrogen and oxygen atoms in total. The van der Waals surface area contributed by atoms with Crippen molar-refractivity contribution in [3.8, 4) is 0 Å². The summed E-state index contributed by atoms with van der Waals surface area (Å²) in [5.74, 6) is -0.188. The number of nitrogens with one attached hydrogen (secondary N) is 2. The topological polar surface area (TPSA) is 31.1 Å². The van der Waals surface area contributed by atoms with E-state index in [1.165, 1.54) is 10.9 Å². The highest BCUT2D eigenvalue weighted by Crippen LogP contribution is 2.33. The quantitative estimate of drug-likeness (QED) is 0.778. The third-order valence-corrected chi connectivity index (χ3v) is 4.62. The van der Waals surface area contributed by atoms with Gasteiger partial charge in [-0.05, 0) is 29.3 Å². The van der Waals surface area contributed by atoms with Crippen LogP contribution in [0.1, 0.15) is 17.2 Å². The van der Waals surface area contributed by atoms with E-state index < -0.39 is 0 Å². The Hall–Kier alpha value is -2.17. The van der Waals surface area contributed by atoms with Gasteiger partial charge >= 0.3 is 0 Å². The molecule has 0 radical (unpaired) electrons. The molecule has 2 N–H and O–H groups in total. The van der Waals surface area contributed by atoms with Gasteiger partial charge in [-0.15, -0.1) is 0 Å². The Morgan fingerprint density at radius 3 is 2.48 bits per heavy atom. The minimum Gasteiger partial charge on any atom is -0.361 e. The zero-order chi connectivity index (χ0) is 15.6. The third kappa shape index (κ3) is 2.76. The summed E-state index contributed by atoms with van der Waals surface area (Å²) < 4.78 is 13.4. The number of para-hydroxylation sites is 1. The molecule has 0 amide bonds. The molecular weight excluding hydrogens is 289 g/mol. The molecule has 0 bridgehead atoms. The molecule has 1 saturated heterocycles. The van der Waals surface area contributed by atoms with Crippen LogP contribution in [0.5, 0.6) is 0 Å². The summed E-state index contributed by atoms with van der Waals surface area (Å²) in [5, 5.41) is 4.64. The molecule has 0 saturated carbocycles. The van der Waals surface area contributed by atoms with Crippen molar-refractivity contribution in [1.82, 2.24) is 15.2 Å². The van der Waals surface area contributed by atoms with Crippen LogP contribution in [0.25, 0.3) is 10.9 Å². The minimum atomic E-state index is -0.188. The van der Waals surface area contributed by atoms with Gasteiger partial charge in [-0.3, -0.25) is 4.90 Å². The Morgan fingerprint density at radius 1 is 0.957 bits per heavy atom. The van der Waals surface area contributed by atoms with E-state index in [1.807, 2.05) is 18.2 Å². The lowest BCUT2D eigenvalue weighted by molar-refractivity contribution is 0.199. The Labute approximate surface area is 135 Å². The Balaban J connectivity index is 1.82. The molecule has 1 aromatic heterocycles. The number of fused-ring (bicyclic) bond motifs is 1. The highest BCUT2D eigenvalue weighted by atomic mass is 19.1. The number of hydrogen-bond donors (Lipinski definition) is 2. The summed E-state index contributed by atoms with van der Waals surface area (Å²) in [7, 11) is 0. The van der Waals surface area contributed by atoms with Crippen LogP contribution < -0.4 is 5.32 Å². The molecule has 4 heteroatoms. The van der Waals surface area contributed by atoms with Crippen LogP contribution in [-0.4, -0.2) is 36.1 Å². The second kappa shape index (κ2) is 6.14. The van der Waals surface area contributed by atoms with E-state index in [9.17, 15) is 4.39 Å². The maximum atomic E-state index is 13.4. The monoisotopic (exact) mass is 309 g/mol. The fourth-order valence-electron chi connectivity index (χ4n) is 3.49. The number of H-pyrrole nitrogens is 1. The lowest BCUT2D eigenvalue weighted by atomic mass is 9.96. The maximum absolute atomic E-state index is 13.4. The van der Waals surface area contributed by atoms with Crippen molar-refractivity contribution in [1.29, 1.82) is 0 Å². The average molecular weight is 309 g/mol. The van der Waals surface area contributed by atoms with Gasteiger partial charge in [0.05, 0.1) is 6.04 Å². The molecular formula is C19H20FN3. The van der Waals surface area contributed by atoms with Gasteiger partial charge in [0.25, 0.3) is 0 Å². The molecule has 118 valence electrons. The zero-order valence-corrected chi connectivity index (χ0v) is 12.9. The number of hydrogen-bond acceptors (Lipinski definition) is 2. The second-order valence-corrected chi connectivity index (χ2v) is 6.03. The van der Waals surface area contributed by atoms with E-state index in [0.29, 0.717) is 0 Å². The normalized spacial score (nSPS) is 17.4. The third-order valence-electron chi connectivity index (χ3n) is 4.62. The van der Waals surface area contributed by atoms with Crippen LogP contribution in [-0.2, 0) is 0 Å². The van der Waals surface area contributed by atoms with E-state index in [0.717, 1.165) is 37.3 Å². The van der Waals surface area contributed by atoms with Crippen molar-refractivity contribution >= 4 is 10.9 Å². The summed E-state index contributed by atoms with van der Waals surface area (Å²) in [6, 6.07) is 15.4. The van der Waals surface area contributed by atoms with Gasteiger partial charge in [0.15, 0.2) is 0 Å². The molecule has 1 fully saturated rings. The van der Waals surface area contributed by atoms with Crippen LogP contribution in [0.3, 0.4) is 0 Å². The predicted molar refractivity (Wildman–Crippen MR) is 91.0 cm³/mol. The number of aromatic amines is 1. The molecule has 2 aromatic carbocycles. The van der Waals surface area contributed by atoms with Crippen LogP contribution in [0.2, 0.25) is 0 Å². The van der Waals surface area contributed by atoms with Crippen molar-refractivity contribution in [2.24, 2.45) is 0 Å². The van der Waals surface area contributed by atoms with Crippen molar-refractivity contribution in [3.05, 3.63) is 71.7 Å². The molecule has 2 heterocycles.